The lowest BCUT2D eigenvalue weighted by Crippen LogP contribution is -2.48. The Hall–Kier alpha value is -1.26. The molecular weight excluding hydrogens is 252 g/mol. The van der Waals surface area contributed by atoms with Crippen LogP contribution in [0.25, 0.3) is 0 Å². The zero-order valence-electron chi connectivity index (χ0n) is 13.6. The molecule has 0 aliphatic carbocycles. The van der Waals surface area contributed by atoms with Gasteiger partial charge in [0, 0.05) is 33.2 Å². The summed E-state index contributed by atoms with van der Waals surface area (Å²) in [5, 5.41) is 3.45. The molecule has 0 radical (unpaired) electrons. The summed E-state index contributed by atoms with van der Waals surface area (Å²) in [6.07, 6.45) is 3.44. The molecule has 0 saturated carbocycles. The Labute approximate surface area is 123 Å². The summed E-state index contributed by atoms with van der Waals surface area (Å²) < 4.78 is 0. The van der Waals surface area contributed by atoms with Gasteiger partial charge in [0.2, 0.25) is 5.91 Å². The Morgan fingerprint density at radius 1 is 1.40 bits per heavy atom. The van der Waals surface area contributed by atoms with E-state index in [2.05, 4.69) is 36.0 Å². The number of piperidine rings is 1. The van der Waals surface area contributed by atoms with E-state index in [0.717, 1.165) is 31.4 Å². The van der Waals surface area contributed by atoms with Gasteiger partial charge in [-0.1, -0.05) is 13.8 Å². The van der Waals surface area contributed by atoms with Crippen molar-refractivity contribution < 1.29 is 4.79 Å². The molecule has 0 aromatic carbocycles. The van der Waals surface area contributed by atoms with Gasteiger partial charge in [0.05, 0.1) is 0 Å². The van der Waals surface area contributed by atoms with Gasteiger partial charge in [0.15, 0.2) is 5.96 Å². The highest BCUT2D eigenvalue weighted by Crippen LogP contribution is 2.16. The summed E-state index contributed by atoms with van der Waals surface area (Å²) in [6.45, 7) is 8.87. The number of hydrogen-bond donors (Lipinski definition) is 1. The first kappa shape index (κ1) is 16.8. The smallest absolute Gasteiger partial charge is 0.243 e. The number of aliphatic imine (C=N–C) groups is 1. The lowest BCUT2D eigenvalue weighted by molar-refractivity contribution is -0.127. The molecular formula is C15H30N4O. The molecule has 1 N–H and O–H groups in total. The summed E-state index contributed by atoms with van der Waals surface area (Å²) in [5.41, 5.74) is 0. The molecule has 20 heavy (non-hydrogen) atoms. The van der Waals surface area contributed by atoms with Crippen molar-refractivity contribution in [3.8, 4) is 0 Å². The van der Waals surface area contributed by atoms with Gasteiger partial charge >= 0.3 is 0 Å². The van der Waals surface area contributed by atoms with E-state index in [9.17, 15) is 4.79 Å². The molecule has 1 saturated heterocycles. The van der Waals surface area contributed by atoms with Crippen LogP contribution in [0, 0.1) is 5.92 Å². The van der Waals surface area contributed by atoms with E-state index < -0.39 is 0 Å². The van der Waals surface area contributed by atoms with Crippen molar-refractivity contribution in [1.29, 1.82) is 0 Å². The molecule has 1 heterocycles. The highest BCUT2D eigenvalue weighted by Gasteiger charge is 2.20. The lowest BCUT2D eigenvalue weighted by atomic mass is 9.99. The molecule has 0 aromatic rings. The topological polar surface area (TPSA) is 47.9 Å². The van der Waals surface area contributed by atoms with Crippen molar-refractivity contribution in [3.63, 3.8) is 0 Å². The van der Waals surface area contributed by atoms with E-state index in [0.29, 0.717) is 6.04 Å². The fraction of sp³-hybridized carbons (Fsp3) is 0.867. The van der Waals surface area contributed by atoms with Crippen molar-refractivity contribution in [2.75, 3.05) is 33.7 Å². The fourth-order valence-corrected chi connectivity index (χ4v) is 2.06. The standard InChI is InChI=1S/C15H30N4O/c1-6-13(3)17-15(16-11-14(20)18(4)5)19-9-7-12(2)8-10-19/h12-13H,6-11H2,1-5H3,(H,16,17). The van der Waals surface area contributed by atoms with Crippen LogP contribution < -0.4 is 5.32 Å². The number of amides is 1. The van der Waals surface area contributed by atoms with Crippen LogP contribution in [0.2, 0.25) is 0 Å². The van der Waals surface area contributed by atoms with Gasteiger partial charge in [-0.15, -0.1) is 0 Å². The third-order valence-corrected chi connectivity index (χ3v) is 3.93. The van der Waals surface area contributed by atoms with Gasteiger partial charge in [-0.25, -0.2) is 4.99 Å². The zero-order chi connectivity index (χ0) is 15.1. The molecule has 0 aromatic heterocycles. The maximum atomic E-state index is 11.7. The molecule has 1 amide bonds. The van der Waals surface area contributed by atoms with Gasteiger partial charge in [0.1, 0.15) is 6.54 Å². The Bertz CT molecular complexity index is 333. The number of nitrogens with zero attached hydrogens (tertiary/aromatic N) is 3. The maximum Gasteiger partial charge on any atom is 0.243 e. The van der Waals surface area contributed by atoms with Crippen molar-refractivity contribution in [1.82, 2.24) is 15.1 Å². The zero-order valence-corrected chi connectivity index (χ0v) is 13.6. The van der Waals surface area contributed by atoms with Crippen molar-refractivity contribution in [2.24, 2.45) is 10.9 Å². The molecule has 1 aliphatic heterocycles. The van der Waals surface area contributed by atoms with E-state index >= 15 is 0 Å². The molecule has 1 rings (SSSR count). The number of carbonyl (C=O) groups excluding carboxylic acids is 1. The van der Waals surface area contributed by atoms with Gasteiger partial charge in [-0.3, -0.25) is 4.79 Å². The quantitative estimate of drug-likeness (QED) is 0.629. The van der Waals surface area contributed by atoms with Crippen LogP contribution in [-0.2, 0) is 4.79 Å². The molecule has 0 spiro atoms. The third kappa shape index (κ3) is 5.39. The van der Waals surface area contributed by atoms with Gasteiger partial charge in [-0.05, 0) is 32.1 Å². The average Bonchev–Trinajstić information content (AvgIpc) is 2.43. The summed E-state index contributed by atoms with van der Waals surface area (Å²) in [4.78, 5) is 20.1. The first-order chi connectivity index (χ1) is 9.43. The molecule has 1 fully saturated rings. The predicted octanol–water partition coefficient (Wildman–Crippen LogP) is 1.55. The molecule has 116 valence electrons. The average molecular weight is 282 g/mol. The minimum absolute atomic E-state index is 0.0406. The lowest BCUT2D eigenvalue weighted by Gasteiger charge is -2.34. The number of likely N-dealkylation sites (tertiary alicyclic amines) is 1. The molecule has 1 unspecified atom stereocenters. The van der Waals surface area contributed by atoms with E-state index in [-0.39, 0.29) is 12.5 Å². The molecule has 1 aliphatic rings. The predicted molar refractivity (Wildman–Crippen MR) is 83.9 cm³/mol. The van der Waals surface area contributed by atoms with Crippen LogP contribution in [0.3, 0.4) is 0 Å². The highest BCUT2D eigenvalue weighted by molar-refractivity contribution is 5.85. The minimum atomic E-state index is 0.0406. The minimum Gasteiger partial charge on any atom is -0.354 e. The SMILES string of the molecule is CCC(C)NC(=NCC(=O)N(C)C)N1CCC(C)CC1. The first-order valence-electron chi connectivity index (χ1n) is 7.70. The Kier molecular flexibility index (Phi) is 6.82. The van der Waals surface area contributed by atoms with Crippen LogP contribution in [0.15, 0.2) is 4.99 Å². The fourth-order valence-electron chi connectivity index (χ4n) is 2.06. The van der Waals surface area contributed by atoms with Crippen LogP contribution in [0.1, 0.15) is 40.0 Å². The molecule has 5 nitrogen and oxygen atoms in total. The number of guanidine groups is 1. The van der Waals surface area contributed by atoms with Gasteiger partial charge in [-0.2, -0.15) is 0 Å². The maximum absolute atomic E-state index is 11.7. The monoisotopic (exact) mass is 282 g/mol. The van der Waals surface area contributed by atoms with E-state index in [1.165, 1.54) is 12.8 Å². The molecule has 0 bridgehead atoms. The number of nitrogens with one attached hydrogen (secondary N) is 1. The second-order valence-electron chi connectivity index (χ2n) is 6.05. The number of likely N-dealkylation sites (N-methyl/N-ethyl adjacent to an activating group) is 1. The highest BCUT2D eigenvalue weighted by atomic mass is 16.2. The second kappa shape index (κ2) is 8.12. The van der Waals surface area contributed by atoms with Crippen molar-refractivity contribution in [3.05, 3.63) is 0 Å². The van der Waals surface area contributed by atoms with E-state index in [1.807, 2.05) is 0 Å². The van der Waals surface area contributed by atoms with Crippen LogP contribution in [0.4, 0.5) is 0 Å². The summed E-state index contributed by atoms with van der Waals surface area (Å²) in [5.74, 6) is 1.72. The van der Waals surface area contributed by atoms with Crippen LogP contribution in [0.5, 0.6) is 0 Å². The molecule has 1 atom stereocenters. The van der Waals surface area contributed by atoms with Crippen molar-refractivity contribution in [2.45, 2.75) is 46.1 Å². The second-order valence-corrected chi connectivity index (χ2v) is 6.05. The van der Waals surface area contributed by atoms with Gasteiger partial charge in [0.25, 0.3) is 0 Å². The molecule has 5 heteroatoms. The summed E-state index contributed by atoms with van der Waals surface area (Å²) >= 11 is 0. The normalized spacial score (nSPS) is 18.9. The Balaban J connectivity index is 2.68. The summed E-state index contributed by atoms with van der Waals surface area (Å²) in [7, 11) is 3.53. The van der Waals surface area contributed by atoms with Crippen molar-refractivity contribution >= 4 is 11.9 Å². The van der Waals surface area contributed by atoms with E-state index in [1.54, 1.807) is 19.0 Å². The Morgan fingerprint density at radius 2 is 2.00 bits per heavy atom. The van der Waals surface area contributed by atoms with Crippen LogP contribution >= 0.6 is 0 Å². The largest absolute Gasteiger partial charge is 0.354 e. The Morgan fingerprint density at radius 3 is 2.50 bits per heavy atom. The number of carbonyl (C=O) groups is 1. The number of hydrogen-bond acceptors (Lipinski definition) is 2. The number of rotatable bonds is 4. The first-order valence-corrected chi connectivity index (χ1v) is 7.70. The third-order valence-electron chi connectivity index (χ3n) is 3.93. The van der Waals surface area contributed by atoms with E-state index in [4.69, 9.17) is 0 Å². The van der Waals surface area contributed by atoms with Gasteiger partial charge < -0.3 is 15.1 Å². The summed E-state index contributed by atoms with van der Waals surface area (Å²) in [6, 6.07) is 0.377. The van der Waals surface area contributed by atoms with Crippen LogP contribution in [-0.4, -0.2) is 61.4 Å².